The van der Waals surface area contributed by atoms with Crippen LogP contribution in [0.2, 0.25) is 0 Å². The van der Waals surface area contributed by atoms with Crippen molar-refractivity contribution in [3.05, 3.63) is 57.6 Å². The molecule has 2 aromatic rings. The molecule has 2 rings (SSSR count). The Morgan fingerprint density at radius 2 is 1.71 bits per heavy atom. The number of carbonyl (C=O) groups excluding carboxylic acids is 2. The van der Waals surface area contributed by atoms with Gasteiger partial charge in [0.05, 0.1) is 37.0 Å². The molecule has 10 heteroatoms. The van der Waals surface area contributed by atoms with E-state index in [2.05, 4.69) is 15.8 Å². The van der Waals surface area contributed by atoms with Crippen molar-refractivity contribution in [2.75, 3.05) is 19.5 Å². The molecule has 0 unspecified atom stereocenters. The number of carbonyl (C=O) groups is 2. The lowest BCUT2D eigenvalue weighted by Crippen LogP contribution is -2.17. The second-order valence-electron chi connectivity index (χ2n) is 5.48. The first-order chi connectivity index (χ1) is 13.3. The summed E-state index contributed by atoms with van der Waals surface area (Å²) in [5.41, 5.74) is 3.01. The Morgan fingerprint density at radius 1 is 1.11 bits per heavy atom. The van der Waals surface area contributed by atoms with E-state index in [1.54, 1.807) is 12.1 Å². The highest BCUT2D eigenvalue weighted by molar-refractivity contribution is 5.96. The first-order valence-electron chi connectivity index (χ1n) is 7.97. The summed E-state index contributed by atoms with van der Waals surface area (Å²) in [5, 5.41) is 17.6. The Hall–Kier alpha value is -3.95. The minimum atomic E-state index is -0.591. The molecule has 2 amide bonds. The molecule has 0 saturated heterocycles. The Balaban J connectivity index is 2.16. The van der Waals surface area contributed by atoms with Crippen LogP contribution in [0.4, 0.5) is 11.4 Å². The van der Waals surface area contributed by atoms with Gasteiger partial charge >= 0.3 is 0 Å². The van der Waals surface area contributed by atoms with Gasteiger partial charge in [0.15, 0.2) is 11.5 Å². The maximum atomic E-state index is 12.1. The first-order valence-corrected chi connectivity index (χ1v) is 7.97. The summed E-state index contributed by atoms with van der Waals surface area (Å²) in [5.74, 6) is -0.254. The van der Waals surface area contributed by atoms with Gasteiger partial charge in [-0.05, 0) is 30.3 Å². The van der Waals surface area contributed by atoms with Crippen LogP contribution >= 0.6 is 0 Å². The van der Waals surface area contributed by atoms with Crippen LogP contribution in [0.25, 0.3) is 0 Å². The third-order valence-corrected chi connectivity index (χ3v) is 3.57. The molecule has 0 aliphatic rings. The van der Waals surface area contributed by atoms with E-state index in [1.165, 1.54) is 45.4 Å². The van der Waals surface area contributed by atoms with E-state index in [4.69, 9.17) is 9.47 Å². The second-order valence-corrected chi connectivity index (χ2v) is 5.48. The minimum absolute atomic E-state index is 0.129. The van der Waals surface area contributed by atoms with E-state index >= 15 is 0 Å². The molecule has 0 atom stereocenters. The number of nitro groups is 1. The van der Waals surface area contributed by atoms with E-state index in [-0.39, 0.29) is 28.7 Å². The topological polar surface area (TPSA) is 132 Å². The van der Waals surface area contributed by atoms with Crippen LogP contribution in [0.5, 0.6) is 11.5 Å². The molecule has 0 fully saturated rings. The molecule has 0 radical (unpaired) electrons. The third-order valence-electron chi connectivity index (χ3n) is 3.57. The summed E-state index contributed by atoms with van der Waals surface area (Å²) >= 11 is 0. The van der Waals surface area contributed by atoms with Gasteiger partial charge in [-0.3, -0.25) is 19.7 Å². The van der Waals surface area contributed by atoms with E-state index in [0.29, 0.717) is 11.3 Å². The van der Waals surface area contributed by atoms with Gasteiger partial charge in [-0.25, -0.2) is 5.43 Å². The van der Waals surface area contributed by atoms with Crippen molar-refractivity contribution in [3.8, 4) is 11.5 Å². The molecular formula is C18H18N4O6. The highest BCUT2D eigenvalue weighted by atomic mass is 16.6. The molecule has 0 heterocycles. The minimum Gasteiger partial charge on any atom is -0.493 e. The highest BCUT2D eigenvalue weighted by Gasteiger charge is 2.18. The number of ether oxygens (including phenoxy) is 2. The number of methoxy groups -OCH3 is 2. The predicted octanol–water partition coefficient (Wildman–Crippen LogP) is 2.33. The van der Waals surface area contributed by atoms with Crippen molar-refractivity contribution in [2.45, 2.75) is 6.92 Å². The predicted molar refractivity (Wildman–Crippen MR) is 102 cm³/mol. The lowest BCUT2D eigenvalue weighted by molar-refractivity contribution is -0.385. The number of hydrazone groups is 1. The van der Waals surface area contributed by atoms with Gasteiger partial charge in [0.2, 0.25) is 5.91 Å². The zero-order valence-corrected chi connectivity index (χ0v) is 15.4. The summed E-state index contributed by atoms with van der Waals surface area (Å²) in [6.07, 6.45) is 1.14. The van der Waals surface area contributed by atoms with Gasteiger partial charge in [0.25, 0.3) is 11.6 Å². The number of hydrogen-bond donors (Lipinski definition) is 2. The summed E-state index contributed by atoms with van der Waals surface area (Å²) in [4.78, 5) is 33.8. The highest BCUT2D eigenvalue weighted by Crippen LogP contribution is 2.33. The van der Waals surface area contributed by atoms with Crippen molar-refractivity contribution < 1.29 is 24.0 Å². The molecule has 0 bridgehead atoms. The average Bonchev–Trinajstić information content (AvgIpc) is 2.67. The SMILES string of the molecule is COc1cc(C=NNC(=O)c2ccc(NC(C)=O)cc2)c([N+](=O)[O-])cc1OC. The molecule has 2 N–H and O–H groups in total. The smallest absolute Gasteiger partial charge is 0.282 e. The summed E-state index contributed by atoms with van der Waals surface area (Å²) in [6.45, 7) is 1.38. The normalized spacial score (nSPS) is 10.4. The van der Waals surface area contributed by atoms with Crippen molar-refractivity contribution in [1.82, 2.24) is 5.43 Å². The van der Waals surface area contributed by atoms with Gasteiger partial charge in [0.1, 0.15) is 0 Å². The van der Waals surface area contributed by atoms with E-state index < -0.39 is 10.8 Å². The van der Waals surface area contributed by atoms with Crippen LogP contribution in [0, 0.1) is 10.1 Å². The fourth-order valence-corrected chi connectivity index (χ4v) is 2.28. The lowest BCUT2D eigenvalue weighted by atomic mass is 10.1. The van der Waals surface area contributed by atoms with Crippen molar-refractivity contribution in [2.24, 2.45) is 5.10 Å². The number of rotatable bonds is 7. The second kappa shape index (κ2) is 9.12. The zero-order chi connectivity index (χ0) is 20.7. The van der Waals surface area contributed by atoms with Crippen LogP contribution in [0.3, 0.4) is 0 Å². The summed E-state index contributed by atoms with van der Waals surface area (Å²) in [6, 6.07) is 8.75. The van der Waals surface area contributed by atoms with E-state index in [0.717, 1.165) is 6.21 Å². The number of amides is 2. The number of hydrogen-bond acceptors (Lipinski definition) is 7. The Morgan fingerprint density at radius 3 is 2.25 bits per heavy atom. The van der Waals surface area contributed by atoms with Crippen LogP contribution in [-0.2, 0) is 4.79 Å². The third kappa shape index (κ3) is 5.04. The van der Waals surface area contributed by atoms with E-state index in [1.807, 2.05) is 0 Å². The monoisotopic (exact) mass is 386 g/mol. The number of benzene rings is 2. The Labute approximate surface area is 160 Å². The summed E-state index contributed by atoms with van der Waals surface area (Å²) < 4.78 is 10.2. The fraction of sp³-hybridized carbons (Fsp3) is 0.167. The Kier molecular flexibility index (Phi) is 6.63. The fourth-order valence-electron chi connectivity index (χ4n) is 2.28. The molecule has 146 valence electrons. The van der Waals surface area contributed by atoms with Gasteiger partial charge in [-0.2, -0.15) is 5.10 Å². The largest absolute Gasteiger partial charge is 0.493 e. The number of nitrogens with zero attached hydrogens (tertiary/aromatic N) is 2. The Bertz CT molecular complexity index is 924. The van der Waals surface area contributed by atoms with Gasteiger partial charge in [0, 0.05) is 18.2 Å². The van der Waals surface area contributed by atoms with Crippen molar-refractivity contribution >= 4 is 29.4 Å². The van der Waals surface area contributed by atoms with Crippen molar-refractivity contribution in [3.63, 3.8) is 0 Å². The lowest BCUT2D eigenvalue weighted by Gasteiger charge is -2.08. The maximum absolute atomic E-state index is 12.1. The molecular weight excluding hydrogens is 368 g/mol. The molecule has 2 aromatic carbocycles. The quantitative estimate of drug-likeness (QED) is 0.426. The van der Waals surface area contributed by atoms with Gasteiger partial charge < -0.3 is 14.8 Å². The molecule has 0 spiro atoms. The molecule has 0 saturated carbocycles. The standard InChI is InChI=1S/C18H18N4O6/c1-11(23)20-14-6-4-12(5-7-14)18(24)21-19-10-13-8-16(27-2)17(28-3)9-15(13)22(25)26/h4-10H,1-3H3,(H,20,23)(H,21,24). The molecule has 0 aliphatic heterocycles. The van der Waals surface area contributed by atoms with Crippen LogP contribution in [0.15, 0.2) is 41.5 Å². The van der Waals surface area contributed by atoms with Crippen LogP contribution < -0.4 is 20.2 Å². The average molecular weight is 386 g/mol. The molecule has 0 aromatic heterocycles. The maximum Gasteiger partial charge on any atom is 0.282 e. The molecule has 10 nitrogen and oxygen atoms in total. The number of anilines is 1. The van der Waals surface area contributed by atoms with Crippen LogP contribution in [0.1, 0.15) is 22.8 Å². The van der Waals surface area contributed by atoms with Gasteiger partial charge in [-0.15, -0.1) is 0 Å². The van der Waals surface area contributed by atoms with Gasteiger partial charge in [-0.1, -0.05) is 0 Å². The zero-order valence-electron chi connectivity index (χ0n) is 15.4. The number of nitro benzene ring substituents is 1. The summed E-state index contributed by atoms with van der Waals surface area (Å²) in [7, 11) is 2.77. The number of nitrogens with one attached hydrogen (secondary N) is 2. The van der Waals surface area contributed by atoms with Crippen molar-refractivity contribution in [1.29, 1.82) is 0 Å². The molecule has 0 aliphatic carbocycles. The van der Waals surface area contributed by atoms with E-state index in [9.17, 15) is 19.7 Å². The molecule has 28 heavy (non-hydrogen) atoms. The van der Waals surface area contributed by atoms with Crippen LogP contribution in [-0.4, -0.2) is 37.2 Å². The first kappa shape index (κ1) is 20.4.